The van der Waals surface area contributed by atoms with Crippen LogP contribution in [0.3, 0.4) is 0 Å². The lowest BCUT2D eigenvalue weighted by molar-refractivity contribution is 0.719. The molecule has 0 spiro atoms. The van der Waals surface area contributed by atoms with E-state index in [0.717, 1.165) is 22.8 Å². The van der Waals surface area contributed by atoms with E-state index in [1.54, 1.807) is 0 Å². The minimum absolute atomic E-state index is 0.290. The van der Waals surface area contributed by atoms with Gasteiger partial charge in [-0.15, -0.1) is 0 Å². The maximum atomic E-state index is 5.42. The summed E-state index contributed by atoms with van der Waals surface area (Å²) in [5.41, 5.74) is 16.0. The number of aliphatic imine (C=N–C) groups is 2. The van der Waals surface area contributed by atoms with Crippen molar-refractivity contribution in [2.24, 2.45) is 9.98 Å². The molecular formula is C38H34N2. The molecule has 3 aliphatic heterocycles. The van der Waals surface area contributed by atoms with Crippen LogP contribution in [0.5, 0.6) is 0 Å². The highest BCUT2D eigenvalue weighted by atomic mass is 14.8. The van der Waals surface area contributed by atoms with Gasteiger partial charge in [0.2, 0.25) is 0 Å². The second kappa shape index (κ2) is 8.60. The molecule has 4 aromatic carbocycles. The Labute approximate surface area is 237 Å². The molecule has 0 unspecified atom stereocenters. The Kier molecular flexibility index (Phi) is 5.31. The molecule has 0 fully saturated rings. The Balaban J connectivity index is 1.59. The Morgan fingerprint density at radius 3 is 1.23 bits per heavy atom. The van der Waals surface area contributed by atoms with Gasteiger partial charge in [-0.25, -0.2) is 0 Å². The molecule has 2 heteroatoms. The number of allylic oxidation sites excluding steroid dienone is 2. The maximum absolute atomic E-state index is 5.42. The first kappa shape index (κ1) is 24.7. The second-order valence-corrected chi connectivity index (χ2v) is 12.4. The Hall–Kier alpha value is -4.30. The molecule has 7 rings (SSSR count). The molecule has 0 atom stereocenters. The standard InChI is InChI=1S/C38H34N2/c1-23-25-13-11-15-27(21-25)37(3,4)36-32-20-10-8-18-30(32)34(40-36)24(2)26-14-12-16-28(22-26)38(5,6)35-31-19-9-7-17-29(31)33(23)39-35/h7-22H,1-6H3/b33-23-,34-24-. The second-order valence-electron chi connectivity index (χ2n) is 12.4. The van der Waals surface area contributed by atoms with E-state index in [9.17, 15) is 0 Å². The van der Waals surface area contributed by atoms with Crippen LogP contribution >= 0.6 is 0 Å². The van der Waals surface area contributed by atoms with Crippen LogP contribution in [0.2, 0.25) is 0 Å². The van der Waals surface area contributed by atoms with Gasteiger partial charge in [-0.3, -0.25) is 9.98 Å². The van der Waals surface area contributed by atoms with Gasteiger partial charge in [-0.05, 0) is 47.2 Å². The highest BCUT2D eigenvalue weighted by Crippen LogP contribution is 2.44. The van der Waals surface area contributed by atoms with E-state index in [1.165, 1.54) is 55.7 Å². The number of hydrogen-bond acceptors (Lipinski definition) is 2. The number of benzene rings is 4. The lowest BCUT2D eigenvalue weighted by Gasteiger charge is -2.27. The zero-order valence-electron chi connectivity index (χ0n) is 24.1. The predicted molar refractivity (Wildman–Crippen MR) is 170 cm³/mol. The minimum Gasteiger partial charge on any atom is -0.251 e. The van der Waals surface area contributed by atoms with Crippen molar-refractivity contribution in [2.45, 2.75) is 52.4 Å². The molecule has 0 N–H and O–H groups in total. The van der Waals surface area contributed by atoms with E-state index in [2.05, 4.69) is 139 Å². The molecule has 0 saturated heterocycles. The number of nitrogens with zero attached hydrogens (tertiary/aromatic N) is 2. The maximum Gasteiger partial charge on any atom is 0.0747 e. The van der Waals surface area contributed by atoms with Crippen molar-refractivity contribution in [1.29, 1.82) is 0 Å². The number of hydrogen-bond donors (Lipinski definition) is 0. The van der Waals surface area contributed by atoms with Crippen molar-refractivity contribution in [2.75, 3.05) is 0 Å². The molecule has 0 aromatic heterocycles. The zero-order chi connectivity index (χ0) is 27.8. The van der Waals surface area contributed by atoms with E-state index in [4.69, 9.17) is 9.98 Å². The van der Waals surface area contributed by atoms with E-state index in [-0.39, 0.29) is 10.8 Å². The van der Waals surface area contributed by atoms with Crippen LogP contribution in [0.1, 0.15) is 86.1 Å². The average molecular weight is 519 g/mol. The summed E-state index contributed by atoms with van der Waals surface area (Å²) in [7, 11) is 0. The molecule has 196 valence electrons. The summed E-state index contributed by atoms with van der Waals surface area (Å²) < 4.78 is 0. The smallest absolute Gasteiger partial charge is 0.0747 e. The Morgan fingerprint density at radius 2 is 0.825 bits per heavy atom. The zero-order valence-corrected chi connectivity index (χ0v) is 24.1. The fraction of sp³-hybridized carbons (Fsp3) is 0.211. The van der Waals surface area contributed by atoms with Gasteiger partial charge < -0.3 is 0 Å². The molecule has 4 aromatic rings. The summed E-state index contributed by atoms with van der Waals surface area (Å²) in [5.74, 6) is 0. The van der Waals surface area contributed by atoms with Gasteiger partial charge in [-0.2, -0.15) is 0 Å². The van der Waals surface area contributed by atoms with Gasteiger partial charge >= 0.3 is 0 Å². The van der Waals surface area contributed by atoms with Crippen molar-refractivity contribution >= 4 is 34.0 Å². The van der Waals surface area contributed by atoms with Crippen molar-refractivity contribution < 1.29 is 0 Å². The summed E-state index contributed by atoms with van der Waals surface area (Å²) >= 11 is 0. The Bertz CT molecular complexity index is 1720. The van der Waals surface area contributed by atoms with E-state index >= 15 is 0 Å². The molecular weight excluding hydrogens is 484 g/mol. The quantitative estimate of drug-likeness (QED) is 0.222. The van der Waals surface area contributed by atoms with Gasteiger partial charge in [0.25, 0.3) is 0 Å². The molecule has 0 amide bonds. The third-order valence-corrected chi connectivity index (χ3v) is 9.25. The largest absolute Gasteiger partial charge is 0.251 e. The van der Waals surface area contributed by atoms with Gasteiger partial charge in [0.15, 0.2) is 0 Å². The molecule has 3 aliphatic rings. The molecule has 3 heterocycles. The topological polar surface area (TPSA) is 24.7 Å². The van der Waals surface area contributed by atoms with Crippen LogP contribution in [0.4, 0.5) is 0 Å². The summed E-state index contributed by atoms with van der Waals surface area (Å²) in [6.07, 6.45) is 0. The first-order valence-corrected chi connectivity index (χ1v) is 14.2. The normalized spacial score (nSPS) is 21.9. The molecule has 0 aliphatic carbocycles. The van der Waals surface area contributed by atoms with Crippen LogP contribution < -0.4 is 0 Å². The van der Waals surface area contributed by atoms with Gasteiger partial charge in [0.1, 0.15) is 0 Å². The van der Waals surface area contributed by atoms with Crippen LogP contribution in [0.15, 0.2) is 107 Å². The summed E-state index contributed by atoms with van der Waals surface area (Å²) in [5, 5.41) is 0. The third kappa shape index (κ3) is 3.48. The number of fused-ring (bicyclic) bond motifs is 12. The monoisotopic (exact) mass is 518 g/mol. The molecule has 0 saturated carbocycles. The van der Waals surface area contributed by atoms with Crippen LogP contribution in [0, 0.1) is 0 Å². The van der Waals surface area contributed by atoms with Crippen molar-refractivity contribution in [1.82, 2.24) is 0 Å². The van der Waals surface area contributed by atoms with Crippen LogP contribution in [-0.4, -0.2) is 11.4 Å². The highest BCUT2D eigenvalue weighted by Gasteiger charge is 2.37. The minimum atomic E-state index is -0.290. The molecule has 40 heavy (non-hydrogen) atoms. The van der Waals surface area contributed by atoms with Gasteiger partial charge in [0.05, 0.1) is 22.8 Å². The van der Waals surface area contributed by atoms with Crippen LogP contribution in [-0.2, 0) is 10.8 Å². The lowest BCUT2D eigenvalue weighted by Crippen LogP contribution is -2.29. The summed E-state index contributed by atoms with van der Waals surface area (Å²) in [6.45, 7) is 13.6. The fourth-order valence-electron chi connectivity index (χ4n) is 6.61. The van der Waals surface area contributed by atoms with Crippen molar-refractivity contribution in [3.63, 3.8) is 0 Å². The molecule has 8 bridgehead atoms. The Morgan fingerprint density at radius 1 is 0.450 bits per heavy atom. The van der Waals surface area contributed by atoms with Gasteiger partial charge in [0, 0.05) is 33.1 Å². The number of rotatable bonds is 0. The van der Waals surface area contributed by atoms with Gasteiger partial charge in [-0.1, -0.05) is 125 Å². The average Bonchev–Trinajstić information content (AvgIpc) is 3.57. The third-order valence-electron chi connectivity index (χ3n) is 9.25. The fourth-order valence-corrected chi connectivity index (χ4v) is 6.61. The van der Waals surface area contributed by atoms with E-state index < -0.39 is 0 Å². The van der Waals surface area contributed by atoms with Crippen molar-refractivity contribution in [3.05, 3.63) is 142 Å². The lowest BCUT2D eigenvalue weighted by atomic mass is 9.76. The molecule has 2 nitrogen and oxygen atoms in total. The van der Waals surface area contributed by atoms with E-state index in [1.807, 2.05) is 0 Å². The first-order valence-electron chi connectivity index (χ1n) is 14.2. The highest BCUT2D eigenvalue weighted by molar-refractivity contribution is 6.20. The SMILES string of the molecule is C/C1=C2/N=C(c3ccccc32)C(C)(C)c2cccc(c2)/C(C)=C2\N=C(c3ccccc32)C(C)(C)c2cccc1c2. The summed E-state index contributed by atoms with van der Waals surface area (Å²) in [4.78, 5) is 10.8. The van der Waals surface area contributed by atoms with E-state index in [0.29, 0.717) is 0 Å². The predicted octanol–water partition coefficient (Wildman–Crippen LogP) is 9.34. The first-order chi connectivity index (χ1) is 19.2. The van der Waals surface area contributed by atoms with Crippen LogP contribution in [0.25, 0.3) is 22.5 Å². The molecule has 0 radical (unpaired) electrons. The van der Waals surface area contributed by atoms with Crippen molar-refractivity contribution in [3.8, 4) is 0 Å². The summed E-state index contributed by atoms with van der Waals surface area (Å²) in [6, 6.07) is 35.4.